The van der Waals surface area contributed by atoms with Crippen molar-refractivity contribution >= 4 is 17.5 Å². The van der Waals surface area contributed by atoms with Crippen LogP contribution in [-0.4, -0.2) is 48.2 Å². The maximum absolute atomic E-state index is 14.0. The van der Waals surface area contributed by atoms with Gasteiger partial charge in [0, 0.05) is 31.7 Å². The lowest BCUT2D eigenvalue weighted by Crippen LogP contribution is -2.54. The van der Waals surface area contributed by atoms with Gasteiger partial charge in [0.15, 0.2) is 5.82 Å². The molecule has 1 atom stereocenters. The van der Waals surface area contributed by atoms with Gasteiger partial charge in [0.05, 0.1) is 23.3 Å². The quantitative estimate of drug-likeness (QED) is 0.633. The Bertz CT molecular complexity index is 581. The predicted molar refractivity (Wildman–Crippen MR) is 78.5 cm³/mol. The van der Waals surface area contributed by atoms with Crippen molar-refractivity contribution in [3.63, 3.8) is 0 Å². The Hall–Kier alpha value is -2.38. The molecule has 0 unspecified atom stereocenters. The molecule has 0 aromatic heterocycles. The lowest BCUT2D eigenvalue weighted by molar-refractivity contribution is -0.385. The van der Waals surface area contributed by atoms with Crippen molar-refractivity contribution in [3.8, 4) is 0 Å². The van der Waals surface area contributed by atoms with E-state index in [1.807, 2.05) is 6.92 Å². The molecule has 0 saturated carbocycles. The molecule has 0 aliphatic carbocycles. The van der Waals surface area contributed by atoms with Crippen LogP contribution >= 0.6 is 0 Å². The molecular formula is C14H18FN3O4. The molecule has 8 heteroatoms. The standard InChI is InChI=1S/C14H18FN3O4/c1-3-22-14(19)17-7-6-16(9-10(17)2)13-5-4-11(18(20)21)8-12(13)15/h4-5,8,10H,3,6-7,9H2,1-2H3/t10-/m1/s1. The fourth-order valence-corrected chi connectivity index (χ4v) is 2.52. The molecule has 0 radical (unpaired) electrons. The van der Waals surface area contributed by atoms with Crippen LogP contribution in [0.4, 0.5) is 20.6 Å². The van der Waals surface area contributed by atoms with Gasteiger partial charge in [0.1, 0.15) is 0 Å². The van der Waals surface area contributed by atoms with Crippen molar-refractivity contribution in [1.82, 2.24) is 4.90 Å². The zero-order valence-electron chi connectivity index (χ0n) is 12.5. The first-order valence-electron chi connectivity index (χ1n) is 7.06. The minimum atomic E-state index is -0.633. The molecule has 120 valence electrons. The maximum Gasteiger partial charge on any atom is 0.410 e. The van der Waals surface area contributed by atoms with Gasteiger partial charge in [-0.05, 0) is 19.9 Å². The van der Waals surface area contributed by atoms with Crippen molar-refractivity contribution in [2.24, 2.45) is 0 Å². The lowest BCUT2D eigenvalue weighted by atomic mass is 10.1. The van der Waals surface area contributed by atoms with Crippen LogP contribution in [-0.2, 0) is 4.74 Å². The number of amides is 1. The summed E-state index contributed by atoms with van der Waals surface area (Å²) in [5.74, 6) is -0.633. The van der Waals surface area contributed by atoms with Crippen molar-refractivity contribution in [3.05, 3.63) is 34.1 Å². The number of non-ortho nitro benzene ring substituents is 1. The highest BCUT2D eigenvalue weighted by Gasteiger charge is 2.29. The first-order valence-corrected chi connectivity index (χ1v) is 7.06. The minimum absolute atomic E-state index is 0.137. The summed E-state index contributed by atoms with van der Waals surface area (Å²) in [5, 5.41) is 10.6. The third-order valence-electron chi connectivity index (χ3n) is 3.61. The molecule has 0 N–H and O–H groups in total. The Morgan fingerprint density at radius 1 is 1.50 bits per heavy atom. The molecule has 1 heterocycles. The van der Waals surface area contributed by atoms with E-state index in [1.165, 1.54) is 12.1 Å². The van der Waals surface area contributed by atoms with E-state index in [9.17, 15) is 19.3 Å². The average molecular weight is 311 g/mol. The van der Waals surface area contributed by atoms with Crippen LogP contribution in [0.15, 0.2) is 18.2 Å². The van der Waals surface area contributed by atoms with Crippen LogP contribution in [0.2, 0.25) is 0 Å². The molecule has 1 aromatic rings. The highest BCUT2D eigenvalue weighted by molar-refractivity contribution is 5.68. The summed E-state index contributed by atoms with van der Waals surface area (Å²) in [6.45, 7) is 5.20. The second-order valence-corrected chi connectivity index (χ2v) is 5.08. The Kier molecular flexibility index (Phi) is 4.79. The number of hydrogen-bond donors (Lipinski definition) is 0. The van der Waals surface area contributed by atoms with Gasteiger partial charge < -0.3 is 14.5 Å². The second-order valence-electron chi connectivity index (χ2n) is 5.08. The summed E-state index contributed by atoms with van der Waals surface area (Å²) in [6, 6.07) is 3.46. The van der Waals surface area contributed by atoms with E-state index in [4.69, 9.17) is 4.74 Å². The average Bonchev–Trinajstić information content (AvgIpc) is 2.47. The summed E-state index contributed by atoms with van der Waals surface area (Å²) in [6.07, 6.45) is -0.376. The Labute approximate surface area is 127 Å². The fraction of sp³-hybridized carbons (Fsp3) is 0.500. The molecule has 1 aromatic carbocycles. The maximum atomic E-state index is 14.0. The van der Waals surface area contributed by atoms with Crippen LogP contribution in [0, 0.1) is 15.9 Å². The van der Waals surface area contributed by atoms with E-state index in [1.54, 1.807) is 16.7 Å². The van der Waals surface area contributed by atoms with Crippen LogP contribution < -0.4 is 4.90 Å². The van der Waals surface area contributed by atoms with Crippen LogP contribution in [0.25, 0.3) is 0 Å². The fourth-order valence-electron chi connectivity index (χ4n) is 2.52. The van der Waals surface area contributed by atoms with E-state index in [2.05, 4.69) is 0 Å². The molecule has 7 nitrogen and oxygen atoms in total. The summed E-state index contributed by atoms with van der Waals surface area (Å²) in [4.78, 5) is 25.2. The molecule has 1 aliphatic rings. The zero-order chi connectivity index (χ0) is 16.3. The number of piperazine rings is 1. The van der Waals surface area contributed by atoms with Crippen molar-refractivity contribution in [1.29, 1.82) is 0 Å². The third kappa shape index (κ3) is 3.26. The molecule has 1 aliphatic heterocycles. The number of hydrogen-bond acceptors (Lipinski definition) is 5. The van der Waals surface area contributed by atoms with E-state index in [-0.39, 0.29) is 17.8 Å². The summed E-state index contributed by atoms with van der Waals surface area (Å²) >= 11 is 0. The highest BCUT2D eigenvalue weighted by atomic mass is 19.1. The number of nitro benzene ring substituents is 1. The van der Waals surface area contributed by atoms with Gasteiger partial charge in [0.25, 0.3) is 5.69 Å². The van der Waals surface area contributed by atoms with Gasteiger partial charge in [0.2, 0.25) is 0 Å². The molecule has 1 saturated heterocycles. The van der Waals surface area contributed by atoms with Crippen LogP contribution in [0.3, 0.4) is 0 Å². The number of ether oxygens (including phenoxy) is 1. The summed E-state index contributed by atoms with van der Waals surface area (Å²) in [5.41, 5.74) is 0.0282. The molecule has 0 bridgehead atoms. The van der Waals surface area contributed by atoms with E-state index < -0.39 is 10.7 Å². The number of benzene rings is 1. The van der Waals surface area contributed by atoms with Crippen LogP contribution in [0.5, 0.6) is 0 Å². The van der Waals surface area contributed by atoms with Gasteiger partial charge in [-0.25, -0.2) is 9.18 Å². The number of carbonyl (C=O) groups is 1. The number of nitro groups is 1. The number of carbonyl (C=O) groups excluding carboxylic acids is 1. The molecule has 1 amide bonds. The normalized spacial score (nSPS) is 18.2. The van der Waals surface area contributed by atoms with Crippen molar-refractivity contribution < 1.29 is 18.8 Å². The Morgan fingerprint density at radius 3 is 2.77 bits per heavy atom. The molecule has 2 rings (SSSR count). The van der Waals surface area contributed by atoms with E-state index >= 15 is 0 Å². The number of nitrogens with zero attached hydrogens (tertiary/aromatic N) is 3. The first kappa shape index (κ1) is 16.0. The Morgan fingerprint density at radius 2 is 2.23 bits per heavy atom. The molecular weight excluding hydrogens is 293 g/mol. The second kappa shape index (κ2) is 6.59. The first-order chi connectivity index (χ1) is 10.4. The van der Waals surface area contributed by atoms with Gasteiger partial charge >= 0.3 is 6.09 Å². The lowest BCUT2D eigenvalue weighted by Gasteiger charge is -2.40. The number of rotatable bonds is 3. The van der Waals surface area contributed by atoms with Crippen molar-refractivity contribution in [2.45, 2.75) is 19.9 Å². The van der Waals surface area contributed by atoms with E-state index in [0.717, 1.165) is 6.07 Å². The number of halogens is 1. The van der Waals surface area contributed by atoms with Gasteiger partial charge in [-0.15, -0.1) is 0 Å². The molecule has 0 spiro atoms. The van der Waals surface area contributed by atoms with Gasteiger partial charge in [-0.1, -0.05) is 0 Å². The smallest absolute Gasteiger partial charge is 0.410 e. The monoisotopic (exact) mass is 311 g/mol. The van der Waals surface area contributed by atoms with Gasteiger partial charge in [-0.2, -0.15) is 0 Å². The minimum Gasteiger partial charge on any atom is -0.450 e. The van der Waals surface area contributed by atoms with Crippen molar-refractivity contribution in [2.75, 3.05) is 31.1 Å². The van der Waals surface area contributed by atoms with Gasteiger partial charge in [-0.3, -0.25) is 10.1 Å². The summed E-state index contributed by atoms with van der Waals surface area (Å²) in [7, 11) is 0. The number of anilines is 1. The predicted octanol–water partition coefficient (Wildman–Crippen LogP) is 2.40. The topological polar surface area (TPSA) is 75.9 Å². The molecule has 22 heavy (non-hydrogen) atoms. The largest absolute Gasteiger partial charge is 0.450 e. The van der Waals surface area contributed by atoms with Crippen LogP contribution in [0.1, 0.15) is 13.8 Å². The van der Waals surface area contributed by atoms with E-state index in [0.29, 0.717) is 31.9 Å². The SMILES string of the molecule is CCOC(=O)N1CCN(c2ccc([N+](=O)[O-])cc2F)C[C@H]1C. The summed E-state index contributed by atoms with van der Waals surface area (Å²) < 4.78 is 19.0. The molecule has 1 fully saturated rings. The Balaban J connectivity index is 2.10. The highest BCUT2D eigenvalue weighted by Crippen LogP contribution is 2.26. The third-order valence-corrected chi connectivity index (χ3v) is 3.61. The zero-order valence-corrected chi connectivity index (χ0v) is 12.5.